The maximum Gasteiger partial charge on any atom is 0.340 e. The zero-order chi connectivity index (χ0) is 22.2. The SMILES string of the molecule is COC(=O)c1c[nH]c2ccc(-c3nc(CS(C)(=O)=O)cc(N4CCOC[C@@H]4C)n3)cc12. The summed E-state index contributed by atoms with van der Waals surface area (Å²) in [6.45, 7) is 3.83. The third-order valence-corrected chi connectivity index (χ3v) is 6.00. The summed E-state index contributed by atoms with van der Waals surface area (Å²) in [4.78, 5) is 26.5. The molecule has 2 aromatic heterocycles. The van der Waals surface area contributed by atoms with Crippen molar-refractivity contribution in [2.75, 3.05) is 38.0 Å². The van der Waals surface area contributed by atoms with E-state index >= 15 is 0 Å². The van der Waals surface area contributed by atoms with Crippen molar-refractivity contribution in [3.8, 4) is 11.4 Å². The molecule has 1 saturated heterocycles. The van der Waals surface area contributed by atoms with Crippen molar-refractivity contribution in [2.45, 2.75) is 18.7 Å². The third kappa shape index (κ3) is 4.54. The average molecular weight is 445 g/mol. The monoisotopic (exact) mass is 444 g/mol. The van der Waals surface area contributed by atoms with E-state index in [4.69, 9.17) is 14.5 Å². The van der Waals surface area contributed by atoms with Crippen LogP contribution >= 0.6 is 0 Å². The minimum atomic E-state index is -3.28. The molecule has 3 aromatic rings. The fourth-order valence-corrected chi connectivity index (χ4v) is 4.39. The summed E-state index contributed by atoms with van der Waals surface area (Å²) >= 11 is 0. The molecule has 1 fully saturated rings. The number of fused-ring (bicyclic) bond motifs is 1. The van der Waals surface area contributed by atoms with Gasteiger partial charge in [-0.25, -0.2) is 23.2 Å². The van der Waals surface area contributed by atoms with E-state index in [0.29, 0.717) is 53.6 Å². The molecule has 1 N–H and O–H groups in total. The van der Waals surface area contributed by atoms with Gasteiger partial charge in [0.15, 0.2) is 15.7 Å². The number of aromatic amines is 1. The predicted molar refractivity (Wildman–Crippen MR) is 117 cm³/mol. The molecule has 1 aliphatic heterocycles. The minimum Gasteiger partial charge on any atom is -0.465 e. The molecule has 0 aliphatic carbocycles. The van der Waals surface area contributed by atoms with Crippen molar-refractivity contribution in [3.05, 3.63) is 41.7 Å². The van der Waals surface area contributed by atoms with Gasteiger partial charge in [0.05, 0.1) is 43.4 Å². The number of nitrogens with one attached hydrogen (secondary N) is 1. The molecule has 9 nitrogen and oxygen atoms in total. The van der Waals surface area contributed by atoms with E-state index in [9.17, 15) is 13.2 Å². The van der Waals surface area contributed by atoms with Gasteiger partial charge >= 0.3 is 5.97 Å². The molecule has 0 spiro atoms. The number of carbonyl (C=O) groups is 1. The Bertz CT molecular complexity index is 1240. The normalized spacial score (nSPS) is 17.1. The quantitative estimate of drug-likeness (QED) is 0.596. The van der Waals surface area contributed by atoms with Gasteiger partial charge in [-0.3, -0.25) is 0 Å². The van der Waals surface area contributed by atoms with Gasteiger partial charge < -0.3 is 19.4 Å². The molecule has 1 aliphatic rings. The zero-order valence-electron chi connectivity index (χ0n) is 17.6. The molecule has 1 aromatic carbocycles. The van der Waals surface area contributed by atoms with Crippen LogP contribution in [0.15, 0.2) is 30.5 Å². The van der Waals surface area contributed by atoms with Gasteiger partial charge in [-0.1, -0.05) is 0 Å². The van der Waals surface area contributed by atoms with Crippen LogP contribution in [0.1, 0.15) is 23.0 Å². The maximum absolute atomic E-state index is 12.1. The van der Waals surface area contributed by atoms with Crippen LogP contribution in [0.5, 0.6) is 0 Å². The summed E-state index contributed by atoms with van der Waals surface area (Å²) < 4.78 is 34.3. The molecule has 3 heterocycles. The topological polar surface area (TPSA) is 114 Å². The van der Waals surface area contributed by atoms with E-state index in [1.54, 1.807) is 12.3 Å². The lowest BCUT2D eigenvalue weighted by Gasteiger charge is -2.34. The molecule has 164 valence electrons. The van der Waals surface area contributed by atoms with Crippen molar-refractivity contribution < 1.29 is 22.7 Å². The van der Waals surface area contributed by atoms with E-state index in [1.165, 1.54) is 13.4 Å². The van der Waals surface area contributed by atoms with Gasteiger partial charge in [-0.05, 0) is 25.1 Å². The second-order valence-corrected chi connectivity index (χ2v) is 9.82. The highest BCUT2D eigenvalue weighted by atomic mass is 32.2. The lowest BCUT2D eigenvalue weighted by Crippen LogP contribution is -2.44. The molecule has 0 bridgehead atoms. The minimum absolute atomic E-state index is 0.0978. The zero-order valence-corrected chi connectivity index (χ0v) is 18.4. The molecule has 0 unspecified atom stereocenters. The summed E-state index contributed by atoms with van der Waals surface area (Å²) in [5.74, 6) is 0.419. The number of esters is 1. The number of carbonyl (C=O) groups excluding carboxylic acids is 1. The smallest absolute Gasteiger partial charge is 0.340 e. The Kier molecular flexibility index (Phi) is 5.67. The largest absolute Gasteiger partial charge is 0.465 e. The summed E-state index contributed by atoms with van der Waals surface area (Å²) in [5.41, 5.74) is 2.28. The van der Waals surface area contributed by atoms with Gasteiger partial charge in [0.2, 0.25) is 0 Å². The first-order valence-electron chi connectivity index (χ1n) is 9.85. The number of sulfone groups is 1. The average Bonchev–Trinajstić information content (AvgIpc) is 3.15. The van der Waals surface area contributed by atoms with Crippen LogP contribution in [0.4, 0.5) is 5.82 Å². The van der Waals surface area contributed by atoms with Crippen molar-refractivity contribution in [1.29, 1.82) is 0 Å². The lowest BCUT2D eigenvalue weighted by molar-refractivity contribution is 0.0603. The van der Waals surface area contributed by atoms with Crippen LogP contribution < -0.4 is 4.90 Å². The van der Waals surface area contributed by atoms with Gasteiger partial charge in [0.25, 0.3) is 0 Å². The number of H-pyrrole nitrogens is 1. The fourth-order valence-electron chi connectivity index (χ4n) is 3.71. The van der Waals surface area contributed by atoms with Crippen LogP contribution in [0, 0.1) is 0 Å². The molecule has 0 saturated carbocycles. The standard InChI is InChI=1S/C21H24N4O5S/c1-13-11-30-7-6-25(13)19-9-15(12-31(3,27)28)23-20(24-19)14-4-5-18-16(8-14)17(10-22-18)21(26)29-2/h4-5,8-10,13,22H,6-7,11-12H2,1-3H3/t13-/m0/s1. The fraction of sp³-hybridized carbons (Fsp3) is 0.381. The summed E-state index contributed by atoms with van der Waals surface area (Å²) in [6.07, 6.45) is 2.78. The maximum atomic E-state index is 12.1. The molecule has 31 heavy (non-hydrogen) atoms. The van der Waals surface area contributed by atoms with Crippen molar-refractivity contribution in [1.82, 2.24) is 15.0 Å². The van der Waals surface area contributed by atoms with Crippen LogP contribution in [-0.4, -0.2) is 68.5 Å². The number of hydrogen-bond donors (Lipinski definition) is 1. The van der Waals surface area contributed by atoms with Gasteiger partial charge in [0.1, 0.15) is 5.82 Å². The van der Waals surface area contributed by atoms with Crippen LogP contribution in [0.25, 0.3) is 22.3 Å². The number of nitrogens with zero attached hydrogens (tertiary/aromatic N) is 3. The Labute approximate surface area is 180 Å². The summed E-state index contributed by atoms with van der Waals surface area (Å²) in [6, 6.07) is 7.30. The predicted octanol–water partition coefficient (Wildman–Crippen LogP) is 2.18. The van der Waals surface area contributed by atoms with Gasteiger partial charge in [-0.2, -0.15) is 0 Å². The second kappa shape index (κ2) is 8.27. The number of anilines is 1. The molecular weight excluding hydrogens is 420 g/mol. The molecular formula is C21H24N4O5S. The van der Waals surface area contributed by atoms with E-state index in [2.05, 4.69) is 14.9 Å². The molecule has 0 amide bonds. The molecule has 4 rings (SSSR count). The van der Waals surface area contributed by atoms with Gasteiger partial charge in [0, 0.05) is 41.5 Å². The Morgan fingerprint density at radius 2 is 2.13 bits per heavy atom. The van der Waals surface area contributed by atoms with E-state index in [1.807, 2.05) is 25.1 Å². The highest BCUT2D eigenvalue weighted by Crippen LogP contribution is 2.28. The lowest BCUT2D eigenvalue weighted by atomic mass is 10.1. The van der Waals surface area contributed by atoms with Crippen LogP contribution in [-0.2, 0) is 25.1 Å². The Balaban J connectivity index is 1.83. The highest BCUT2D eigenvalue weighted by Gasteiger charge is 2.23. The summed E-state index contributed by atoms with van der Waals surface area (Å²) in [7, 11) is -1.95. The first kappa shape index (κ1) is 21.3. The number of aromatic nitrogens is 3. The van der Waals surface area contributed by atoms with E-state index in [-0.39, 0.29) is 11.8 Å². The second-order valence-electron chi connectivity index (χ2n) is 7.68. The number of benzene rings is 1. The van der Waals surface area contributed by atoms with Gasteiger partial charge in [-0.15, -0.1) is 0 Å². The van der Waals surface area contributed by atoms with Crippen molar-refractivity contribution in [2.24, 2.45) is 0 Å². The number of morpholine rings is 1. The summed E-state index contributed by atoms with van der Waals surface area (Å²) in [5, 5.41) is 0.683. The number of rotatable bonds is 5. The van der Waals surface area contributed by atoms with Crippen LogP contribution in [0.2, 0.25) is 0 Å². The molecule has 10 heteroatoms. The first-order chi connectivity index (χ1) is 14.7. The molecule has 0 radical (unpaired) electrons. The first-order valence-corrected chi connectivity index (χ1v) is 11.9. The van der Waals surface area contributed by atoms with Crippen molar-refractivity contribution >= 4 is 32.5 Å². The third-order valence-electron chi connectivity index (χ3n) is 5.18. The van der Waals surface area contributed by atoms with Crippen molar-refractivity contribution in [3.63, 3.8) is 0 Å². The Hall–Kier alpha value is -2.98. The number of ether oxygens (including phenoxy) is 2. The van der Waals surface area contributed by atoms with Crippen LogP contribution in [0.3, 0.4) is 0 Å². The highest BCUT2D eigenvalue weighted by molar-refractivity contribution is 7.89. The number of hydrogen-bond acceptors (Lipinski definition) is 8. The molecule has 1 atom stereocenters. The van der Waals surface area contributed by atoms with E-state index < -0.39 is 15.8 Å². The Morgan fingerprint density at radius 3 is 2.84 bits per heavy atom. The van der Waals surface area contributed by atoms with E-state index in [0.717, 1.165) is 5.52 Å². The Morgan fingerprint density at radius 1 is 1.32 bits per heavy atom. The number of methoxy groups -OCH3 is 1.